The van der Waals surface area contributed by atoms with Crippen LogP contribution in [0.4, 0.5) is 11.6 Å². The number of hydrogen-bond donors (Lipinski definition) is 1. The summed E-state index contributed by atoms with van der Waals surface area (Å²) in [7, 11) is 0. The summed E-state index contributed by atoms with van der Waals surface area (Å²) < 4.78 is 2.15. The molecule has 0 atom stereocenters. The molecule has 3 rings (SSSR count). The number of nitrogens with one attached hydrogen (secondary N) is 1. The van der Waals surface area contributed by atoms with Crippen molar-refractivity contribution >= 4 is 11.6 Å². The Kier molecular flexibility index (Phi) is 3.63. The fraction of sp³-hybridized carbons (Fsp3) is 0.429. The van der Waals surface area contributed by atoms with Crippen molar-refractivity contribution < 1.29 is 0 Å². The minimum Gasteiger partial charge on any atom is -0.368 e. The van der Waals surface area contributed by atoms with Crippen LogP contribution in [0.3, 0.4) is 0 Å². The van der Waals surface area contributed by atoms with E-state index >= 15 is 0 Å². The normalized spacial score (nSPS) is 14.8. The zero-order valence-electron chi connectivity index (χ0n) is 11.0. The lowest BCUT2D eigenvalue weighted by Crippen LogP contribution is -2.19. The third-order valence-corrected chi connectivity index (χ3v) is 3.43. The molecule has 1 N–H and O–H groups in total. The molecule has 0 aliphatic carbocycles. The van der Waals surface area contributed by atoms with Crippen LogP contribution in [0, 0.1) is 0 Å². The van der Waals surface area contributed by atoms with Gasteiger partial charge in [-0.2, -0.15) is 0 Å². The predicted octanol–water partition coefficient (Wildman–Crippen LogP) is 1.99. The summed E-state index contributed by atoms with van der Waals surface area (Å²) in [5.74, 6) is 1.94. The van der Waals surface area contributed by atoms with Crippen molar-refractivity contribution in [3.63, 3.8) is 0 Å². The summed E-state index contributed by atoms with van der Waals surface area (Å²) in [5.41, 5.74) is 0. The lowest BCUT2D eigenvalue weighted by Gasteiger charge is -2.16. The molecule has 5 heteroatoms. The Balaban J connectivity index is 1.56. The standard InChI is InChI=1S/C14H19N5/c1-2-7-18(6-1)10-5-15-13-11-14(17-12-16-13)19-8-3-4-9-19/h1-2,6-7,11-12H,3-5,8-10H2,(H,15,16,17). The molecule has 0 unspecified atom stereocenters. The number of rotatable bonds is 5. The van der Waals surface area contributed by atoms with Crippen molar-refractivity contribution in [3.05, 3.63) is 36.9 Å². The molecule has 5 nitrogen and oxygen atoms in total. The summed E-state index contributed by atoms with van der Waals surface area (Å²) in [4.78, 5) is 10.9. The van der Waals surface area contributed by atoms with Gasteiger partial charge in [-0.15, -0.1) is 0 Å². The van der Waals surface area contributed by atoms with E-state index < -0.39 is 0 Å². The SMILES string of the molecule is c1ccn(CCNc2cc(N3CCCC3)ncn2)c1. The lowest BCUT2D eigenvalue weighted by molar-refractivity contribution is 0.731. The van der Waals surface area contributed by atoms with E-state index in [2.05, 4.69) is 37.1 Å². The van der Waals surface area contributed by atoms with E-state index in [4.69, 9.17) is 0 Å². The van der Waals surface area contributed by atoms with Crippen LogP contribution in [-0.4, -0.2) is 34.2 Å². The maximum absolute atomic E-state index is 4.35. The molecular formula is C14H19N5. The average molecular weight is 257 g/mol. The van der Waals surface area contributed by atoms with Crippen molar-refractivity contribution in [2.75, 3.05) is 29.9 Å². The highest BCUT2D eigenvalue weighted by Gasteiger charge is 2.13. The Bertz CT molecular complexity index is 502. The molecule has 3 heterocycles. The fourth-order valence-electron chi connectivity index (χ4n) is 2.40. The average Bonchev–Trinajstić information content (AvgIpc) is 3.12. The summed E-state index contributed by atoms with van der Waals surface area (Å²) >= 11 is 0. The monoisotopic (exact) mass is 257 g/mol. The second kappa shape index (κ2) is 5.73. The number of anilines is 2. The van der Waals surface area contributed by atoms with Gasteiger partial charge in [0.25, 0.3) is 0 Å². The van der Waals surface area contributed by atoms with E-state index in [1.165, 1.54) is 12.8 Å². The molecule has 1 aliphatic heterocycles. The molecule has 19 heavy (non-hydrogen) atoms. The van der Waals surface area contributed by atoms with E-state index in [-0.39, 0.29) is 0 Å². The Labute approximate surface area is 113 Å². The molecule has 2 aromatic heterocycles. The van der Waals surface area contributed by atoms with Gasteiger partial charge < -0.3 is 14.8 Å². The summed E-state index contributed by atoms with van der Waals surface area (Å²) in [6.45, 7) is 4.03. The number of nitrogens with zero attached hydrogens (tertiary/aromatic N) is 4. The van der Waals surface area contributed by atoms with Crippen LogP contribution < -0.4 is 10.2 Å². The quantitative estimate of drug-likeness (QED) is 0.890. The van der Waals surface area contributed by atoms with Gasteiger partial charge in [0.1, 0.15) is 18.0 Å². The van der Waals surface area contributed by atoms with Crippen LogP contribution in [0.15, 0.2) is 36.9 Å². The van der Waals surface area contributed by atoms with E-state index in [0.717, 1.165) is 37.8 Å². The Morgan fingerprint density at radius 1 is 1.11 bits per heavy atom. The molecule has 1 saturated heterocycles. The molecule has 0 saturated carbocycles. The van der Waals surface area contributed by atoms with Crippen molar-refractivity contribution in [2.45, 2.75) is 19.4 Å². The molecule has 0 amide bonds. The molecule has 0 aromatic carbocycles. The zero-order chi connectivity index (χ0) is 12.9. The topological polar surface area (TPSA) is 46.0 Å². The summed E-state index contributed by atoms with van der Waals surface area (Å²) in [5, 5.41) is 3.35. The molecule has 1 fully saturated rings. The molecule has 0 bridgehead atoms. The van der Waals surface area contributed by atoms with E-state index in [1.807, 2.05) is 18.2 Å². The summed E-state index contributed by atoms with van der Waals surface area (Å²) in [6.07, 6.45) is 8.31. The van der Waals surface area contributed by atoms with Crippen LogP contribution in [-0.2, 0) is 6.54 Å². The maximum Gasteiger partial charge on any atom is 0.134 e. The highest BCUT2D eigenvalue weighted by Crippen LogP contribution is 2.19. The first-order valence-electron chi connectivity index (χ1n) is 6.83. The van der Waals surface area contributed by atoms with Crippen molar-refractivity contribution in [1.29, 1.82) is 0 Å². The third kappa shape index (κ3) is 3.05. The van der Waals surface area contributed by atoms with Crippen molar-refractivity contribution in [2.24, 2.45) is 0 Å². The maximum atomic E-state index is 4.35. The Morgan fingerprint density at radius 2 is 1.89 bits per heavy atom. The van der Waals surface area contributed by atoms with Gasteiger partial charge >= 0.3 is 0 Å². The fourth-order valence-corrected chi connectivity index (χ4v) is 2.40. The van der Waals surface area contributed by atoms with Gasteiger partial charge in [-0.1, -0.05) is 0 Å². The second-order valence-corrected chi connectivity index (χ2v) is 4.80. The van der Waals surface area contributed by atoms with Gasteiger partial charge in [0, 0.05) is 44.6 Å². The molecule has 0 radical (unpaired) electrons. The predicted molar refractivity (Wildman–Crippen MR) is 76.4 cm³/mol. The number of aromatic nitrogens is 3. The van der Waals surface area contributed by atoms with Gasteiger partial charge in [0.15, 0.2) is 0 Å². The van der Waals surface area contributed by atoms with Crippen LogP contribution in [0.5, 0.6) is 0 Å². The van der Waals surface area contributed by atoms with Gasteiger partial charge in [0.05, 0.1) is 0 Å². The van der Waals surface area contributed by atoms with E-state index in [9.17, 15) is 0 Å². The second-order valence-electron chi connectivity index (χ2n) is 4.80. The zero-order valence-corrected chi connectivity index (χ0v) is 11.0. The lowest BCUT2D eigenvalue weighted by atomic mass is 10.4. The first kappa shape index (κ1) is 12.0. The highest BCUT2D eigenvalue weighted by atomic mass is 15.2. The highest BCUT2D eigenvalue weighted by molar-refractivity contribution is 5.48. The third-order valence-electron chi connectivity index (χ3n) is 3.43. The largest absolute Gasteiger partial charge is 0.368 e. The minimum atomic E-state index is 0.866. The summed E-state index contributed by atoms with van der Waals surface area (Å²) in [6, 6.07) is 6.12. The van der Waals surface area contributed by atoms with Gasteiger partial charge in [-0.3, -0.25) is 0 Å². The molecular weight excluding hydrogens is 238 g/mol. The van der Waals surface area contributed by atoms with Crippen LogP contribution >= 0.6 is 0 Å². The first-order valence-corrected chi connectivity index (χ1v) is 6.83. The van der Waals surface area contributed by atoms with Crippen molar-refractivity contribution in [3.8, 4) is 0 Å². The van der Waals surface area contributed by atoms with Crippen LogP contribution in [0.25, 0.3) is 0 Å². The van der Waals surface area contributed by atoms with Gasteiger partial charge in [-0.25, -0.2) is 9.97 Å². The van der Waals surface area contributed by atoms with E-state index in [1.54, 1.807) is 6.33 Å². The molecule has 100 valence electrons. The Hall–Kier alpha value is -2.04. The van der Waals surface area contributed by atoms with Gasteiger partial charge in [0.2, 0.25) is 0 Å². The smallest absolute Gasteiger partial charge is 0.134 e. The Morgan fingerprint density at radius 3 is 2.68 bits per heavy atom. The van der Waals surface area contributed by atoms with Crippen LogP contribution in [0.2, 0.25) is 0 Å². The van der Waals surface area contributed by atoms with E-state index in [0.29, 0.717) is 0 Å². The molecule has 1 aliphatic rings. The van der Waals surface area contributed by atoms with Crippen molar-refractivity contribution in [1.82, 2.24) is 14.5 Å². The molecule has 0 spiro atoms. The van der Waals surface area contributed by atoms with Crippen LogP contribution in [0.1, 0.15) is 12.8 Å². The van der Waals surface area contributed by atoms with Gasteiger partial charge in [-0.05, 0) is 25.0 Å². The number of hydrogen-bond acceptors (Lipinski definition) is 4. The molecule has 2 aromatic rings. The first-order chi connectivity index (χ1) is 9.42. The minimum absolute atomic E-state index is 0.866.